The molecule has 24 heavy (non-hydrogen) atoms. The maximum atomic E-state index is 12.1. The summed E-state index contributed by atoms with van der Waals surface area (Å²) in [5.41, 5.74) is 1.39. The maximum Gasteiger partial charge on any atom is 0.315 e. The van der Waals surface area contributed by atoms with E-state index in [4.69, 9.17) is 4.74 Å². The molecular formula is C17H12N2O5. The minimum absolute atomic E-state index is 0.000409. The molecule has 0 amide bonds. The van der Waals surface area contributed by atoms with Crippen molar-refractivity contribution in [3.05, 3.63) is 69.9 Å². The largest absolute Gasteiger partial charge is 0.426 e. The molecule has 120 valence electrons. The van der Waals surface area contributed by atoms with Gasteiger partial charge >= 0.3 is 5.97 Å². The van der Waals surface area contributed by atoms with Gasteiger partial charge < -0.3 is 9.72 Å². The van der Waals surface area contributed by atoms with Crippen molar-refractivity contribution in [2.24, 2.45) is 0 Å². The SMILES string of the molecule is O=Cc1cc([N+](=O)[O-])ccc1OC(=O)Cc1c[nH]c2ccccc12. The van der Waals surface area contributed by atoms with Gasteiger partial charge in [-0.1, -0.05) is 18.2 Å². The molecule has 7 nitrogen and oxygen atoms in total. The number of hydrogen-bond donors (Lipinski definition) is 1. The molecule has 0 bridgehead atoms. The monoisotopic (exact) mass is 324 g/mol. The second-order valence-corrected chi connectivity index (χ2v) is 5.11. The highest BCUT2D eigenvalue weighted by Gasteiger charge is 2.15. The quantitative estimate of drug-likeness (QED) is 0.255. The second-order valence-electron chi connectivity index (χ2n) is 5.11. The van der Waals surface area contributed by atoms with Crippen LogP contribution in [0, 0.1) is 10.1 Å². The fourth-order valence-electron chi connectivity index (χ4n) is 2.43. The van der Waals surface area contributed by atoms with Crippen LogP contribution >= 0.6 is 0 Å². The molecule has 1 N–H and O–H groups in total. The number of carbonyl (C=O) groups excluding carboxylic acids is 2. The van der Waals surface area contributed by atoms with Crippen LogP contribution in [-0.4, -0.2) is 22.2 Å². The molecule has 0 saturated carbocycles. The van der Waals surface area contributed by atoms with Crippen LogP contribution in [0.1, 0.15) is 15.9 Å². The normalized spacial score (nSPS) is 10.5. The molecule has 0 unspecified atom stereocenters. The summed E-state index contributed by atoms with van der Waals surface area (Å²) in [6.45, 7) is 0. The number of nitro groups is 1. The Bertz CT molecular complexity index is 945. The van der Waals surface area contributed by atoms with E-state index in [0.29, 0.717) is 6.29 Å². The van der Waals surface area contributed by atoms with Crippen LogP contribution in [0.15, 0.2) is 48.7 Å². The number of aldehydes is 1. The molecule has 0 aliphatic carbocycles. The number of esters is 1. The number of aromatic nitrogens is 1. The van der Waals surface area contributed by atoms with Gasteiger partial charge in [0, 0.05) is 29.2 Å². The Morgan fingerprint density at radius 1 is 1.25 bits per heavy atom. The Morgan fingerprint density at radius 3 is 2.79 bits per heavy atom. The van der Waals surface area contributed by atoms with Gasteiger partial charge in [-0.2, -0.15) is 0 Å². The standard InChI is InChI=1S/C17H12N2O5/c20-10-12-7-13(19(22)23)5-6-16(12)24-17(21)8-11-9-18-15-4-2-1-3-14(11)15/h1-7,9-10,18H,8H2. The Kier molecular flexibility index (Phi) is 4.07. The van der Waals surface area contributed by atoms with E-state index in [1.165, 1.54) is 12.1 Å². The second kappa shape index (κ2) is 6.33. The lowest BCUT2D eigenvalue weighted by Gasteiger charge is -2.06. The van der Waals surface area contributed by atoms with Crippen LogP contribution in [0.4, 0.5) is 5.69 Å². The molecule has 0 aliphatic heterocycles. The van der Waals surface area contributed by atoms with Gasteiger partial charge in [0.25, 0.3) is 5.69 Å². The van der Waals surface area contributed by atoms with Crippen molar-refractivity contribution in [1.29, 1.82) is 0 Å². The smallest absolute Gasteiger partial charge is 0.315 e. The molecule has 0 spiro atoms. The number of rotatable bonds is 5. The molecule has 7 heteroatoms. The molecule has 3 rings (SSSR count). The molecule has 0 radical (unpaired) electrons. The summed E-state index contributed by atoms with van der Waals surface area (Å²) in [4.78, 5) is 36.3. The van der Waals surface area contributed by atoms with Gasteiger partial charge in [-0.25, -0.2) is 0 Å². The van der Waals surface area contributed by atoms with Crippen LogP contribution < -0.4 is 4.74 Å². The van der Waals surface area contributed by atoms with Crippen LogP contribution in [0.3, 0.4) is 0 Å². The van der Waals surface area contributed by atoms with Gasteiger partial charge in [0.15, 0.2) is 6.29 Å². The maximum absolute atomic E-state index is 12.1. The summed E-state index contributed by atoms with van der Waals surface area (Å²) in [5.74, 6) is -0.558. The molecule has 1 heterocycles. The Balaban J connectivity index is 1.80. The van der Waals surface area contributed by atoms with Crippen molar-refractivity contribution < 1.29 is 19.2 Å². The number of nitrogens with zero attached hydrogens (tertiary/aromatic N) is 1. The molecular weight excluding hydrogens is 312 g/mol. The summed E-state index contributed by atoms with van der Waals surface area (Å²) in [5, 5.41) is 11.6. The number of ether oxygens (including phenoxy) is 1. The van der Waals surface area contributed by atoms with Gasteiger partial charge in [-0.05, 0) is 17.7 Å². The molecule has 0 fully saturated rings. The highest BCUT2D eigenvalue weighted by Crippen LogP contribution is 2.24. The van der Waals surface area contributed by atoms with Gasteiger partial charge in [0.2, 0.25) is 0 Å². The number of nitrogens with one attached hydrogen (secondary N) is 1. The lowest BCUT2D eigenvalue weighted by molar-refractivity contribution is -0.384. The van der Waals surface area contributed by atoms with E-state index in [2.05, 4.69) is 4.98 Å². The number of fused-ring (bicyclic) bond motifs is 1. The van der Waals surface area contributed by atoms with Crippen molar-refractivity contribution >= 4 is 28.8 Å². The highest BCUT2D eigenvalue weighted by atomic mass is 16.6. The van der Waals surface area contributed by atoms with Crippen molar-refractivity contribution in [3.63, 3.8) is 0 Å². The van der Waals surface area contributed by atoms with Gasteiger partial charge in [-0.15, -0.1) is 0 Å². The molecule has 1 aromatic heterocycles. The lowest BCUT2D eigenvalue weighted by atomic mass is 10.1. The topological polar surface area (TPSA) is 102 Å². The number of nitro benzene ring substituents is 1. The van der Waals surface area contributed by atoms with Gasteiger partial charge in [-0.3, -0.25) is 19.7 Å². The third kappa shape index (κ3) is 3.00. The van der Waals surface area contributed by atoms with E-state index in [1.807, 2.05) is 24.3 Å². The fraction of sp³-hybridized carbons (Fsp3) is 0.0588. The van der Waals surface area contributed by atoms with E-state index in [9.17, 15) is 19.7 Å². The number of hydrogen-bond acceptors (Lipinski definition) is 5. The Morgan fingerprint density at radius 2 is 2.04 bits per heavy atom. The van der Waals surface area contributed by atoms with E-state index in [-0.39, 0.29) is 23.4 Å². The Hall–Kier alpha value is -3.48. The van der Waals surface area contributed by atoms with Crippen LogP contribution in [0.2, 0.25) is 0 Å². The molecule has 0 saturated heterocycles. The lowest BCUT2D eigenvalue weighted by Crippen LogP contribution is -2.12. The molecule has 0 atom stereocenters. The summed E-state index contributed by atoms with van der Waals surface area (Å²) < 4.78 is 5.19. The van der Waals surface area contributed by atoms with Crippen LogP contribution in [0.5, 0.6) is 5.75 Å². The van der Waals surface area contributed by atoms with Crippen molar-refractivity contribution in [1.82, 2.24) is 4.98 Å². The summed E-state index contributed by atoms with van der Waals surface area (Å²) >= 11 is 0. The first kappa shape index (κ1) is 15.4. The van der Waals surface area contributed by atoms with E-state index >= 15 is 0 Å². The molecule has 3 aromatic rings. The van der Waals surface area contributed by atoms with E-state index in [0.717, 1.165) is 22.5 Å². The molecule has 2 aromatic carbocycles. The summed E-state index contributed by atoms with van der Waals surface area (Å²) in [6.07, 6.45) is 2.16. The summed E-state index contributed by atoms with van der Waals surface area (Å²) in [6, 6.07) is 11.0. The first-order chi connectivity index (χ1) is 11.6. The van der Waals surface area contributed by atoms with Crippen LogP contribution in [-0.2, 0) is 11.2 Å². The number of benzene rings is 2. The first-order valence-corrected chi connectivity index (χ1v) is 7.08. The third-order valence-electron chi connectivity index (χ3n) is 3.56. The number of carbonyl (C=O) groups is 2. The predicted octanol–water partition coefficient (Wildman–Crippen LogP) is 3.04. The number of non-ortho nitro benzene ring substituents is 1. The highest BCUT2D eigenvalue weighted by molar-refractivity contribution is 5.89. The van der Waals surface area contributed by atoms with E-state index in [1.54, 1.807) is 6.20 Å². The zero-order valence-electron chi connectivity index (χ0n) is 12.4. The number of aromatic amines is 1. The van der Waals surface area contributed by atoms with Crippen LogP contribution in [0.25, 0.3) is 10.9 Å². The zero-order chi connectivity index (χ0) is 17.1. The number of H-pyrrole nitrogens is 1. The van der Waals surface area contributed by atoms with E-state index < -0.39 is 10.9 Å². The molecule has 0 aliphatic rings. The predicted molar refractivity (Wildman–Crippen MR) is 86.1 cm³/mol. The fourth-order valence-corrected chi connectivity index (χ4v) is 2.43. The minimum Gasteiger partial charge on any atom is -0.426 e. The average molecular weight is 324 g/mol. The summed E-state index contributed by atoms with van der Waals surface area (Å²) in [7, 11) is 0. The number of para-hydroxylation sites is 1. The third-order valence-corrected chi connectivity index (χ3v) is 3.56. The van der Waals surface area contributed by atoms with Crippen molar-refractivity contribution in [3.8, 4) is 5.75 Å². The first-order valence-electron chi connectivity index (χ1n) is 7.08. The average Bonchev–Trinajstić information content (AvgIpc) is 2.98. The minimum atomic E-state index is -0.620. The van der Waals surface area contributed by atoms with Crippen molar-refractivity contribution in [2.45, 2.75) is 6.42 Å². The zero-order valence-corrected chi connectivity index (χ0v) is 12.4. The van der Waals surface area contributed by atoms with Crippen molar-refractivity contribution in [2.75, 3.05) is 0 Å². The van der Waals surface area contributed by atoms with Gasteiger partial charge in [0.05, 0.1) is 16.9 Å². The Labute approximate surface area is 136 Å². The van der Waals surface area contributed by atoms with Gasteiger partial charge in [0.1, 0.15) is 5.75 Å².